The van der Waals surface area contributed by atoms with Crippen LogP contribution >= 0.6 is 7.82 Å². The lowest BCUT2D eigenvalue weighted by molar-refractivity contribution is -0.870. The zero-order valence-electron chi connectivity index (χ0n) is 52.8. The minimum atomic E-state index is -4.70. The van der Waals surface area contributed by atoms with Crippen LogP contribution in [0.3, 0.4) is 0 Å². The number of phosphoric ester groups is 1. The molecule has 0 saturated heterocycles. The number of nitrogens with one attached hydrogen (secondary N) is 1. The fourth-order valence-corrected chi connectivity index (χ4v) is 10.5. The smallest absolute Gasteiger partial charge is 0.306 e. The molecule has 9 nitrogen and oxygen atoms in total. The summed E-state index contributed by atoms with van der Waals surface area (Å²) >= 11 is 0. The molecular weight excluding hydrogens is 1000 g/mol. The lowest BCUT2D eigenvalue weighted by Gasteiger charge is -2.30. The Morgan fingerprint density at radius 3 is 1.24 bits per heavy atom. The molecule has 0 rings (SSSR count). The van der Waals surface area contributed by atoms with Crippen LogP contribution in [-0.4, -0.2) is 69.4 Å². The van der Waals surface area contributed by atoms with Crippen molar-refractivity contribution >= 4 is 19.7 Å². The van der Waals surface area contributed by atoms with E-state index in [9.17, 15) is 19.0 Å². The monoisotopic (exact) mass is 1130 g/mol. The van der Waals surface area contributed by atoms with Crippen molar-refractivity contribution in [3.8, 4) is 0 Å². The standard InChI is InChI=1S/C69H129N2O7P/c1-7-10-13-16-19-22-25-27-29-30-31-32-33-34-35-36-37-38-39-40-42-44-47-50-53-56-59-62-69(73)78-67(60-57-54-51-48-45-24-21-18-15-12-9-3)66(65-77-79(74,75)76-64-63-71(4,5)6)70-68(72)61-58-55-52-49-46-43-41-28-26-23-20-17-14-11-8-2/h11,14,17,20,23,26-27,29,57,60,66-67H,7-10,12-13,15-16,18-19,21-22,24-25,28,30-56,58-59,61-65H2,1-6H3,(H-,70,72,74,75)/b14-11+,20-17+,26-23+,29-27+,60-57-. The van der Waals surface area contributed by atoms with Crippen LogP contribution in [-0.2, 0) is 27.9 Å². The number of amides is 1. The number of likely N-dealkylation sites (N-methyl/N-ethyl adjacent to an activating group) is 1. The molecule has 0 radical (unpaired) electrons. The van der Waals surface area contributed by atoms with Gasteiger partial charge in [0.15, 0.2) is 0 Å². The number of phosphoric acid groups is 1. The van der Waals surface area contributed by atoms with Crippen LogP contribution in [0.25, 0.3) is 0 Å². The highest BCUT2D eigenvalue weighted by Crippen LogP contribution is 2.38. The number of nitrogens with zero attached hydrogens (tertiary/aromatic N) is 1. The van der Waals surface area contributed by atoms with Gasteiger partial charge in [0.25, 0.3) is 7.82 Å². The molecule has 0 aliphatic rings. The van der Waals surface area contributed by atoms with Gasteiger partial charge in [-0.3, -0.25) is 14.2 Å². The number of esters is 1. The maximum Gasteiger partial charge on any atom is 0.306 e. The molecule has 462 valence electrons. The predicted octanol–water partition coefficient (Wildman–Crippen LogP) is 20.4. The zero-order valence-corrected chi connectivity index (χ0v) is 53.7. The second-order valence-electron chi connectivity index (χ2n) is 24.0. The van der Waals surface area contributed by atoms with Crippen LogP contribution in [0.15, 0.2) is 60.8 Å². The summed E-state index contributed by atoms with van der Waals surface area (Å²) in [7, 11) is 1.18. The summed E-state index contributed by atoms with van der Waals surface area (Å²) in [5.41, 5.74) is 0. The van der Waals surface area contributed by atoms with Crippen molar-refractivity contribution in [1.82, 2.24) is 5.32 Å². The van der Waals surface area contributed by atoms with Crippen molar-refractivity contribution in [1.29, 1.82) is 0 Å². The number of carbonyl (C=O) groups is 2. The van der Waals surface area contributed by atoms with E-state index in [2.05, 4.69) is 74.7 Å². The van der Waals surface area contributed by atoms with Crippen molar-refractivity contribution < 1.29 is 37.3 Å². The molecule has 0 aliphatic heterocycles. The van der Waals surface area contributed by atoms with Crippen molar-refractivity contribution in [3.63, 3.8) is 0 Å². The third-order valence-corrected chi connectivity index (χ3v) is 16.0. The summed E-state index contributed by atoms with van der Waals surface area (Å²) in [6, 6.07) is -0.894. The highest BCUT2D eigenvalue weighted by molar-refractivity contribution is 7.45. The zero-order chi connectivity index (χ0) is 57.9. The molecule has 0 bridgehead atoms. The van der Waals surface area contributed by atoms with Gasteiger partial charge in [-0.25, -0.2) is 0 Å². The molecule has 0 aromatic heterocycles. The van der Waals surface area contributed by atoms with Gasteiger partial charge in [-0.05, 0) is 76.7 Å². The lowest BCUT2D eigenvalue weighted by atomic mass is 10.0. The van der Waals surface area contributed by atoms with E-state index in [0.29, 0.717) is 17.4 Å². The largest absolute Gasteiger partial charge is 0.756 e. The first kappa shape index (κ1) is 76.7. The normalized spacial score (nSPS) is 14.0. The van der Waals surface area contributed by atoms with Crippen molar-refractivity contribution in [3.05, 3.63) is 60.8 Å². The van der Waals surface area contributed by atoms with Crippen molar-refractivity contribution in [2.45, 2.75) is 328 Å². The van der Waals surface area contributed by atoms with E-state index in [4.69, 9.17) is 13.8 Å². The summed E-state index contributed by atoms with van der Waals surface area (Å²) in [4.78, 5) is 40.0. The Morgan fingerprint density at radius 1 is 0.456 bits per heavy atom. The molecule has 1 N–H and O–H groups in total. The Bertz CT molecular complexity index is 1540. The minimum absolute atomic E-state index is 0.0251. The number of rotatable bonds is 61. The fraction of sp³-hybridized carbons (Fsp3) is 0.826. The van der Waals surface area contributed by atoms with E-state index < -0.39 is 26.6 Å². The average Bonchev–Trinajstić information content (AvgIpc) is 3.41. The van der Waals surface area contributed by atoms with E-state index in [0.717, 1.165) is 77.0 Å². The summed E-state index contributed by atoms with van der Waals surface area (Å²) in [5, 5.41) is 3.03. The molecule has 0 heterocycles. The third-order valence-electron chi connectivity index (χ3n) is 15.0. The Kier molecular flexibility index (Phi) is 57.2. The first-order valence-electron chi connectivity index (χ1n) is 33.6. The van der Waals surface area contributed by atoms with Gasteiger partial charge in [0.1, 0.15) is 19.3 Å². The van der Waals surface area contributed by atoms with Crippen LogP contribution in [0.1, 0.15) is 316 Å². The summed E-state index contributed by atoms with van der Waals surface area (Å²) in [6.07, 6.45) is 75.0. The molecule has 10 heteroatoms. The van der Waals surface area contributed by atoms with E-state index in [1.54, 1.807) is 0 Å². The van der Waals surface area contributed by atoms with Crippen molar-refractivity contribution in [2.24, 2.45) is 0 Å². The number of carbonyl (C=O) groups excluding carboxylic acids is 2. The van der Waals surface area contributed by atoms with Crippen molar-refractivity contribution in [2.75, 3.05) is 40.9 Å². The quantitative estimate of drug-likeness (QED) is 0.0161. The van der Waals surface area contributed by atoms with E-state index in [-0.39, 0.29) is 24.9 Å². The summed E-state index contributed by atoms with van der Waals surface area (Å²) in [5.74, 6) is -0.546. The number of ether oxygens (including phenoxy) is 1. The Labute approximate surface area is 490 Å². The highest BCUT2D eigenvalue weighted by Gasteiger charge is 2.27. The van der Waals surface area contributed by atoms with Crippen LogP contribution in [0, 0.1) is 0 Å². The van der Waals surface area contributed by atoms with Gasteiger partial charge in [0.2, 0.25) is 5.91 Å². The molecular formula is C69H129N2O7P. The first-order chi connectivity index (χ1) is 38.4. The van der Waals surface area contributed by atoms with Crippen LogP contribution < -0.4 is 10.2 Å². The van der Waals surface area contributed by atoms with Gasteiger partial charge < -0.3 is 28.5 Å². The third kappa shape index (κ3) is 60.1. The molecule has 3 unspecified atom stereocenters. The molecule has 0 aromatic carbocycles. The molecule has 1 amide bonds. The van der Waals surface area contributed by atoms with Crippen LogP contribution in [0.5, 0.6) is 0 Å². The molecule has 0 spiro atoms. The van der Waals surface area contributed by atoms with E-state index in [1.807, 2.05) is 33.3 Å². The van der Waals surface area contributed by atoms with Crippen LogP contribution in [0.4, 0.5) is 0 Å². The number of hydrogen-bond donors (Lipinski definition) is 1. The van der Waals surface area contributed by atoms with E-state index >= 15 is 0 Å². The second-order valence-corrected chi connectivity index (χ2v) is 25.4. The first-order valence-corrected chi connectivity index (χ1v) is 35.1. The van der Waals surface area contributed by atoms with Gasteiger partial charge in [-0.15, -0.1) is 0 Å². The Balaban J connectivity index is 4.97. The highest BCUT2D eigenvalue weighted by atomic mass is 31.2. The fourth-order valence-electron chi connectivity index (χ4n) is 9.81. The number of hydrogen-bond acceptors (Lipinski definition) is 7. The number of unbranched alkanes of at least 4 members (excludes halogenated alkanes) is 39. The second kappa shape index (κ2) is 58.9. The average molecular weight is 1130 g/mol. The Hall–Kier alpha value is -2.29. The van der Waals surface area contributed by atoms with Gasteiger partial charge in [-0.1, -0.05) is 287 Å². The molecule has 0 fully saturated rings. The predicted molar refractivity (Wildman–Crippen MR) is 339 cm³/mol. The van der Waals surface area contributed by atoms with E-state index in [1.165, 1.54) is 205 Å². The topological polar surface area (TPSA) is 114 Å². The molecule has 3 atom stereocenters. The SMILES string of the molecule is CC/C=C/C=C/C=C/CCCCCCCCCC(=O)NC(COP(=O)([O-])OCC[N+](C)(C)C)C(/C=C\CCCCCCCCCCC)OC(=O)CCCCCCCCCCCCCCCCCCC/C=C/CCCCCCCC. The van der Waals surface area contributed by atoms with Crippen LogP contribution in [0.2, 0.25) is 0 Å². The molecule has 0 saturated carbocycles. The minimum Gasteiger partial charge on any atom is -0.756 e. The van der Waals surface area contributed by atoms with Gasteiger partial charge >= 0.3 is 5.97 Å². The molecule has 0 aromatic rings. The molecule has 0 aliphatic carbocycles. The number of allylic oxidation sites excluding steroid dienone is 9. The summed E-state index contributed by atoms with van der Waals surface area (Å²) in [6.45, 7) is 6.72. The maximum atomic E-state index is 13.5. The summed E-state index contributed by atoms with van der Waals surface area (Å²) < 4.78 is 30.3. The van der Waals surface area contributed by atoms with Gasteiger partial charge in [0.05, 0.1) is 33.8 Å². The van der Waals surface area contributed by atoms with Gasteiger partial charge in [-0.2, -0.15) is 0 Å². The molecule has 79 heavy (non-hydrogen) atoms. The lowest BCUT2D eigenvalue weighted by Crippen LogP contribution is -2.47. The number of quaternary nitrogens is 1. The Morgan fingerprint density at radius 2 is 0.823 bits per heavy atom. The maximum absolute atomic E-state index is 13.5. The van der Waals surface area contributed by atoms with Gasteiger partial charge in [0, 0.05) is 12.8 Å².